The largest absolute Gasteiger partial charge is 0.491 e. The zero-order valence-electron chi connectivity index (χ0n) is 13.4. The molecule has 6 nitrogen and oxygen atoms in total. The molecule has 1 aromatic carbocycles. The maximum Gasteiger partial charge on any atom is 0.437 e. The van der Waals surface area contributed by atoms with E-state index >= 15 is 0 Å². The summed E-state index contributed by atoms with van der Waals surface area (Å²) in [5.41, 5.74) is 2.15. The lowest BCUT2D eigenvalue weighted by Gasteiger charge is -2.13. The topological polar surface area (TPSA) is 77.5 Å². The highest BCUT2D eigenvalue weighted by atomic mass is 32.1. The third-order valence-corrected chi connectivity index (χ3v) is 4.34. The van der Waals surface area contributed by atoms with Crippen molar-refractivity contribution in [3.05, 3.63) is 57.4 Å². The zero-order chi connectivity index (χ0) is 17.1. The van der Waals surface area contributed by atoms with E-state index in [1.54, 1.807) is 0 Å². The smallest absolute Gasteiger partial charge is 0.437 e. The summed E-state index contributed by atoms with van der Waals surface area (Å²) in [5, 5.41) is 16.1. The molecule has 1 N–H and O–H groups in total. The van der Waals surface area contributed by atoms with Gasteiger partial charge in [-0.25, -0.2) is 4.79 Å². The van der Waals surface area contributed by atoms with Crippen LogP contribution in [-0.2, 0) is 6.54 Å². The first-order chi connectivity index (χ1) is 11.5. The lowest BCUT2D eigenvalue weighted by Crippen LogP contribution is -2.29. The van der Waals surface area contributed by atoms with E-state index in [0.29, 0.717) is 5.75 Å². The van der Waals surface area contributed by atoms with E-state index in [4.69, 9.17) is 9.15 Å². The molecular weight excluding hydrogens is 328 g/mol. The molecule has 3 aromatic rings. The van der Waals surface area contributed by atoms with Crippen molar-refractivity contribution in [1.29, 1.82) is 0 Å². The third-order valence-electron chi connectivity index (χ3n) is 3.48. The number of ether oxygens (including phenoxy) is 1. The van der Waals surface area contributed by atoms with Gasteiger partial charge in [0.25, 0.3) is 5.89 Å². The maximum absolute atomic E-state index is 11.8. The van der Waals surface area contributed by atoms with Crippen LogP contribution in [0.15, 0.2) is 44.9 Å². The molecule has 0 radical (unpaired) electrons. The summed E-state index contributed by atoms with van der Waals surface area (Å²) in [6.07, 6.45) is -0.871. The number of thiophene rings is 1. The van der Waals surface area contributed by atoms with Crippen LogP contribution in [0.25, 0.3) is 10.8 Å². The van der Waals surface area contributed by atoms with Gasteiger partial charge in [-0.05, 0) is 36.9 Å². The van der Waals surface area contributed by atoms with Gasteiger partial charge in [0, 0.05) is 0 Å². The molecule has 0 aliphatic heterocycles. The third kappa shape index (κ3) is 3.74. The molecule has 3 rings (SSSR count). The van der Waals surface area contributed by atoms with Crippen LogP contribution in [0, 0.1) is 13.8 Å². The quantitative estimate of drug-likeness (QED) is 0.742. The van der Waals surface area contributed by atoms with Crippen molar-refractivity contribution in [3.8, 4) is 16.5 Å². The number of aryl methyl sites for hydroxylation is 2. The molecule has 0 fully saturated rings. The van der Waals surface area contributed by atoms with Gasteiger partial charge in [-0.2, -0.15) is 4.68 Å². The molecule has 0 bridgehead atoms. The molecule has 2 aromatic heterocycles. The Labute approximate surface area is 142 Å². The highest BCUT2D eigenvalue weighted by Crippen LogP contribution is 2.21. The molecule has 0 amide bonds. The van der Waals surface area contributed by atoms with E-state index in [9.17, 15) is 9.90 Å². The summed E-state index contributed by atoms with van der Waals surface area (Å²) in [7, 11) is 0. The van der Waals surface area contributed by atoms with Crippen LogP contribution in [0.5, 0.6) is 5.75 Å². The predicted octanol–water partition coefficient (Wildman–Crippen LogP) is 2.62. The Morgan fingerprint density at radius 2 is 2.21 bits per heavy atom. The highest BCUT2D eigenvalue weighted by molar-refractivity contribution is 7.13. The predicted molar refractivity (Wildman–Crippen MR) is 91.5 cm³/mol. The van der Waals surface area contributed by atoms with Gasteiger partial charge in [0.05, 0.1) is 11.4 Å². The van der Waals surface area contributed by atoms with E-state index in [2.05, 4.69) is 5.10 Å². The van der Waals surface area contributed by atoms with Crippen LogP contribution in [-0.4, -0.2) is 27.6 Å². The standard InChI is InChI=1S/C17H18N2O4S/c1-11-5-6-14(12(2)8-11)22-10-13(20)9-19-17(21)23-16(18-19)15-4-3-7-24-15/h3-8,13,20H,9-10H2,1-2H3. The number of aliphatic hydroxyl groups is 1. The van der Waals surface area contributed by atoms with E-state index < -0.39 is 11.9 Å². The molecular formula is C17H18N2O4S. The van der Waals surface area contributed by atoms with Gasteiger partial charge in [-0.1, -0.05) is 23.8 Å². The van der Waals surface area contributed by atoms with E-state index in [-0.39, 0.29) is 19.0 Å². The first-order valence-corrected chi connectivity index (χ1v) is 8.41. The van der Waals surface area contributed by atoms with Gasteiger partial charge in [0.1, 0.15) is 18.5 Å². The minimum Gasteiger partial charge on any atom is -0.491 e. The van der Waals surface area contributed by atoms with Crippen molar-refractivity contribution >= 4 is 11.3 Å². The van der Waals surface area contributed by atoms with E-state index in [0.717, 1.165) is 20.7 Å². The summed E-state index contributed by atoms with van der Waals surface area (Å²) in [6, 6.07) is 9.50. The Kier molecular flexibility index (Phi) is 4.82. The Morgan fingerprint density at radius 3 is 2.92 bits per heavy atom. The molecule has 0 saturated carbocycles. The summed E-state index contributed by atoms with van der Waals surface area (Å²) in [4.78, 5) is 12.6. The molecule has 2 heterocycles. The lowest BCUT2D eigenvalue weighted by atomic mass is 10.1. The number of rotatable bonds is 6. The van der Waals surface area contributed by atoms with Gasteiger partial charge in [0.2, 0.25) is 0 Å². The Bertz CT molecular complexity index is 867. The summed E-state index contributed by atoms with van der Waals surface area (Å²) < 4.78 is 11.8. The molecule has 0 aliphatic rings. The van der Waals surface area contributed by atoms with Crippen molar-refractivity contribution in [1.82, 2.24) is 9.78 Å². The number of aromatic nitrogens is 2. The number of hydrogen-bond acceptors (Lipinski definition) is 6. The average Bonchev–Trinajstić information content (AvgIpc) is 3.17. The average molecular weight is 346 g/mol. The SMILES string of the molecule is Cc1ccc(OCC(O)Cn2nc(-c3cccs3)oc2=O)c(C)c1. The van der Waals surface area contributed by atoms with Crippen LogP contribution in [0.1, 0.15) is 11.1 Å². The highest BCUT2D eigenvalue weighted by Gasteiger charge is 2.15. The first kappa shape index (κ1) is 16.5. The second-order valence-electron chi connectivity index (χ2n) is 5.57. The van der Waals surface area contributed by atoms with Crippen molar-refractivity contribution in [2.24, 2.45) is 0 Å². The van der Waals surface area contributed by atoms with Crippen molar-refractivity contribution in [2.45, 2.75) is 26.5 Å². The van der Waals surface area contributed by atoms with Crippen molar-refractivity contribution < 1.29 is 14.3 Å². The lowest BCUT2D eigenvalue weighted by molar-refractivity contribution is 0.0872. The Hall–Kier alpha value is -2.38. The monoisotopic (exact) mass is 346 g/mol. The summed E-state index contributed by atoms with van der Waals surface area (Å²) in [6.45, 7) is 4.04. The molecule has 7 heteroatoms. The fourth-order valence-corrected chi connectivity index (χ4v) is 2.97. The van der Waals surface area contributed by atoms with Gasteiger partial charge in [-0.3, -0.25) is 0 Å². The van der Waals surface area contributed by atoms with Crippen molar-refractivity contribution in [2.75, 3.05) is 6.61 Å². The van der Waals surface area contributed by atoms with Gasteiger partial charge >= 0.3 is 5.76 Å². The Morgan fingerprint density at radius 1 is 1.38 bits per heavy atom. The minimum atomic E-state index is -0.871. The van der Waals surface area contributed by atoms with Gasteiger partial charge in [0.15, 0.2) is 0 Å². The van der Waals surface area contributed by atoms with Crippen LogP contribution in [0.3, 0.4) is 0 Å². The van der Waals surface area contributed by atoms with Crippen LogP contribution in [0.2, 0.25) is 0 Å². The number of hydrogen-bond donors (Lipinski definition) is 1. The van der Waals surface area contributed by atoms with Crippen molar-refractivity contribution in [3.63, 3.8) is 0 Å². The molecule has 0 saturated heterocycles. The second kappa shape index (κ2) is 7.02. The van der Waals surface area contributed by atoms with Gasteiger partial charge < -0.3 is 14.3 Å². The number of aliphatic hydroxyl groups excluding tert-OH is 1. The van der Waals surface area contributed by atoms with E-state index in [1.165, 1.54) is 11.3 Å². The number of benzene rings is 1. The fourth-order valence-electron chi connectivity index (χ4n) is 2.32. The second-order valence-corrected chi connectivity index (χ2v) is 6.51. The number of nitrogens with zero attached hydrogens (tertiary/aromatic N) is 2. The molecule has 1 unspecified atom stereocenters. The molecule has 126 valence electrons. The van der Waals surface area contributed by atoms with E-state index in [1.807, 2.05) is 49.6 Å². The zero-order valence-corrected chi connectivity index (χ0v) is 14.2. The van der Waals surface area contributed by atoms with Gasteiger partial charge in [-0.15, -0.1) is 16.4 Å². The van der Waals surface area contributed by atoms with Crippen LogP contribution >= 0.6 is 11.3 Å². The normalized spacial score (nSPS) is 12.3. The minimum absolute atomic E-state index is 0.0125. The Balaban J connectivity index is 1.63. The first-order valence-electron chi connectivity index (χ1n) is 7.53. The van der Waals surface area contributed by atoms with Crippen LogP contribution in [0.4, 0.5) is 0 Å². The molecule has 0 aliphatic carbocycles. The molecule has 1 atom stereocenters. The van der Waals surface area contributed by atoms with Crippen LogP contribution < -0.4 is 10.5 Å². The maximum atomic E-state index is 11.8. The fraction of sp³-hybridized carbons (Fsp3) is 0.294. The summed E-state index contributed by atoms with van der Waals surface area (Å²) >= 11 is 1.43. The molecule has 0 spiro atoms. The molecule has 24 heavy (non-hydrogen) atoms. The summed E-state index contributed by atoms with van der Waals surface area (Å²) in [5.74, 6) is 0.382.